The molecule has 4 nitrogen and oxygen atoms in total. The van der Waals surface area contributed by atoms with Gasteiger partial charge >= 0.3 is 0 Å². The first-order valence-electron chi connectivity index (χ1n) is 6.05. The van der Waals surface area contributed by atoms with E-state index in [2.05, 4.69) is 26.6 Å². The molecule has 20 heavy (non-hydrogen) atoms. The molecule has 106 valence electrons. The Morgan fingerprint density at radius 1 is 1.55 bits per heavy atom. The van der Waals surface area contributed by atoms with Crippen LogP contribution in [0, 0.1) is 18.3 Å². The van der Waals surface area contributed by atoms with Crippen molar-refractivity contribution in [1.29, 1.82) is 5.26 Å². The van der Waals surface area contributed by atoms with E-state index in [1.165, 1.54) is 6.20 Å². The van der Waals surface area contributed by atoms with E-state index in [1.807, 2.05) is 31.2 Å². The van der Waals surface area contributed by atoms with E-state index >= 15 is 0 Å². The van der Waals surface area contributed by atoms with Gasteiger partial charge in [-0.25, -0.2) is 0 Å². The van der Waals surface area contributed by atoms with Crippen LogP contribution in [0.2, 0.25) is 0 Å². The monoisotopic (exact) mass is 355 g/mol. The van der Waals surface area contributed by atoms with Gasteiger partial charge in [-0.05, 0) is 37.1 Å². The quantitative estimate of drug-likeness (QED) is 0.356. The molecule has 1 aromatic rings. The molecule has 0 saturated heterocycles. The first kappa shape index (κ1) is 16.5. The number of amides is 1. The van der Waals surface area contributed by atoms with Crippen molar-refractivity contribution < 1.29 is 4.79 Å². The van der Waals surface area contributed by atoms with E-state index < -0.39 is 5.91 Å². The molecule has 6 heteroatoms. The molecule has 0 aliphatic rings. The van der Waals surface area contributed by atoms with E-state index in [9.17, 15) is 4.79 Å². The number of nitriles is 1. The predicted octanol–water partition coefficient (Wildman–Crippen LogP) is 3.32. The molecule has 2 N–H and O–H groups in total. The summed E-state index contributed by atoms with van der Waals surface area (Å²) in [5.41, 5.74) is 1.88. The third-order valence-electron chi connectivity index (χ3n) is 2.52. The van der Waals surface area contributed by atoms with E-state index in [1.54, 1.807) is 0 Å². The molecule has 0 aliphatic heterocycles. The maximum atomic E-state index is 11.7. The number of nitrogens with zero attached hydrogens (tertiary/aromatic N) is 1. The largest absolute Gasteiger partial charge is 0.360 e. The minimum Gasteiger partial charge on any atom is -0.360 e. The summed E-state index contributed by atoms with van der Waals surface area (Å²) in [6.45, 7) is 2.40. The number of aryl methyl sites for hydroxylation is 1. The van der Waals surface area contributed by atoms with Crippen molar-refractivity contribution in [3.8, 4) is 6.07 Å². The second-order valence-corrected chi connectivity index (χ2v) is 5.37. The van der Waals surface area contributed by atoms with E-state index in [-0.39, 0.29) is 5.57 Å². The van der Waals surface area contributed by atoms with Crippen LogP contribution in [-0.4, -0.2) is 18.3 Å². The average molecular weight is 357 g/mol. The van der Waals surface area contributed by atoms with E-state index in [4.69, 9.17) is 16.9 Å². The number of benzene rings is 1. The second kappa shape index (κ2) is 8.62. The summed E-state index contributed by atoms with van der Waals surface area (Å²) in [7, 11) is 0. The fourth-order valence-electron chi connectivity index (χ4n) is 1.45. The molecule has 0 heterocycles. The SMILES string of the molecule is Cc1cc(Br)ccc1N/C=C(/C#N)C(=O)NCCCCl. The number of anilines is 1. The van der Waals surface area contributed by atoms with Crippen molar-refractivity contribution in [3.63, 3.8) is 0 Å². The van der Waals surface area contributed by atoms with Gasteiger partial charge in [0.1, 0.15) is 11.6 Å². The zero-order valence-electron chi connectivity index (χ0n) is 11.0. The molecule has 0 spiro atoms. The summed E-state index contributed by atoms with van der Waals surface area (Å²) in [6, 6.07) is 7.58. The number of rotatable bonds is 6. The van der Waals surface area contributed by atoms with E-state index in [0.717, 1.165) is 15.7 Å². The molecule has 0 atom stereocenters. The Kier molecular flexibility index (Phi) is 7.13. The molecular weight excluding hydrogens is 342 g/mol. The number of nitrogens with one attached hydrogen (secondary N) is 2. The van der Waals surface area contributed by atoms with Gasteiger partial charge in [-0.3, -0.25) is 4.79 Å². The van der Waals surface area contributed by atoms with Crippen LogP contribution in [0.4, 0.5) is 5.69 Å². The summed E-state index contributed by atoms with van der Waals surface area (Å²) in [4.78, 5) is 11.7. The van der Waals surface area contributed by atoms with Crippen LogP contribution in [0.3, 0.4) is 0 Å². The van der Waals surface area contributed by atoms with Crippen LogP contribution < -0.4 is 10.6 Å². The lowest BCUT2D eigenvalue weighted by Crippen LogP contribution is -2.26. The smallest absolute Gasteiger partial charge is 0.263 e. The summed E-state index contributed by atoms with van der Waals surface area (Å²) in [5.74, 6) is 0.0715. The highest BCUT2D eigenvalue weighted by Gasteiger charge is 2.08. The van der Waals surface area contributed by atoms with Gasteiger partial charge in [-0.1, -0.05) is 15.9 Å². The first-order chi connectivity index (χ1) is 9.58. The molecule has 0 radical (unpaired) electrons. The molecule has 0 saturated carbocycles. The summed E-state index contributed by atoms with van der Waals surface area (Å²) < 4.78 is 0.976. The Morgan fingerprint density at radius 2 is 2.30 bits per heavy atom. The van der Waals surface area contributed by atoms with Gasteiger partial charge in [0.05, 0.1) is 0 Å². The van der Waals surface area contributed by atoms with Crippen molar-refractivity contribution in [1.82, 2.24) is 5.32 Å². The fraction of sp³-hybridized carbons (Fsp3) is 0.286. The third-order valence-corrected chi connectivity index (χ3v) is 3.28. The lowest BCUT2D eigenvalue weighted by molar-refractivity contribution is -0.117. The van der Waals surface area contributed by atoms with Crippen molar-refractivity contribution in [2.45, 2.75) is 13.3 Å². The van der Waals surface area contributed by atoms with Crippen molar-refractivity contribution >= 4 is 39.1 Å². The Bertz CT molecular complexity index is 552. The van der Waals surface area contributed by atoms with E-state index in [0.29, 0.717) is 18.8 Å². The Balaban J connectivity index is 2.70. The van der Waals surface area contributed by atoms with Crippen LogP contribution in [0.25, 0.3) is 0 Å². The molecule has 0 aromatic heterocycles. The number of carbonyl (C=O) groups excluding carboxylic acids is 1. The summed E-state index contributed by atoms with van der Waals surface area (Å²) >= 11 is 8.90. The number of hydrogen-bond donors (Lipinski definition) is 2. The number of carbonyl (C=O) groups is 1. The van der Waals surface area contributed by atoms with Gasteiger partial charge in [0.15, 0.2) is 0 Å². The third kappa shape index (κ3) is 5.24. The van der Waals surface area contributed by atoms with Gasteiger partial charge < -0.3 is 10.6 Å². The minimum absolute atomic E-state index is 0.0295. The molecule has 0 unspecified atom stereocenters. The van der Waals surface area contributed by atoms with Gasteiger partial charge in [-0.2, -0.15) is 5.26 Å². The van der Waals surface area contributed by atoms with Gasteiger partial charge in [0, 0.05) is 28.8 Å². The molecule has 1 amide bonds. The summed E-state index contributed by atoms with van der Waals surface area (Å²) in [5, 5.41) is 14.6. The second-order valence-electron chi connectivity index (χ2n) is 4.07. The normalized spacial score (nSPS) is 10.8. The highest BCUT2D eigenvalue weighted by atomic mass is 79.9. The van der Waals surface area contributed by atoms with Crippen molar-refractivity contribution in [2.75, 3.05) is 17.7 Å². The predicted molar refractivity (Wildman–Crippen MR) is 84.5 cm³/mol. The molecule has 0 bridgehead atoms. The molecule has 0 aliphatic carbocycles. The fourth-order valence-corrected chi connectivity index (χ4v) is 2.06. The molecular formula is C14H15BrClN3O. The lowest BCUT2D eigenvalue weighted by atomic mass is 10.2. The average Bonchev–Trinajstić information content (AvgIpc) is 2.42. The van der Waals surface area contributed by atoms with Gasteiger partial charge in [0.2, 0.25) is 0 Å². The minimum atomic E-state index is -0.403. The van der Waals surface area contributed by atoms with Gasteiger partial charge in [0.25, 0.3) is 5.91 Å². The topological polar surface area (TPSA) is 64.9 Å². The molecule has 1 rings (SSSR count). The zero-order chi connectivity index (χ0) is 15.0. The number of halogens is 2. The highest BCUT2D eigenvalue weighted by Crippen LogP contribution is 2.20. The maximum Gasteiger partial charge on any atom is 0.263 e. The number of alkyl halides is 1. The Hall–Kier alpha value is -1.51. The van der Waals surface area contributed by atoms with Gasteiger partial charge in [-0.15, -0.1) is 11.6 Å². The number of hydrogen-bond acceptors (Lipinski definition) is 3. The lowest BCUT2D eigenvalue weighted by Gasteiger charge is -2.07. The Labute approximate surface area is 131 Å². The van der Waals surface area contributed by atoms with Crippen molar-refractivity contribution in [2.24, 2.45) is 0 Å². The maximum absolute atomic E-state index is 11.7. The highest BCUT2D eigenvalue weighted by molar-refractivity contribution is 9.10. The summed E-state index contributed by atoms with van der Waals surface area (Å²) in [6.07, 6.45) is 2.08. The standard InChI is InChI=1S/C14H15BrClN3O/c1-10-7-12(15)3-4-13(10)19-9-11(8-17)14(20)18-6-2-5-16/h3-4,7,9,19H,2,5-6H2,1H3,(H,18,20)/b11-9-. The van der Waals surface area contributed by atoms with Crippen molar-refractivity contribution in [3.05, 3.63) is 40.0 Å². The van der Waals surface area contributed by atoms with Crippen LogP contribution in [-0.2, 0) is 4.79 Å². The Morgan fingerprint density at radius 3 is 2.90 bits per heavy atom. The zero-order valence-corrected chi connectivity index (χ0v) is 13.4. The molecule has 0 fully saturated rings. The van der Waals surface area contributed by atoms with Crippen LogP contribution in [0.15, 0.2) is 34.4 Å². The van der Waals surface area contributed by atoms with Crippen LogP contribution in [0.5, 0.6) is 0 Å². The van der Waals surface area contributed by atoms with Crippen LogP contribution in [0.1, 0.15) is 12.0 Å². The van der Waals surface area contributed by atoms with Crippen LogP contribution >= 0.6 is 27.5 Å². The molecule has 1 aromatic carbocycles. The first-order valence-corrected chi connectivity index (χ1v) is 7.38.